The van der Waals surface area contributed by atoms with E-state index >= 15 is 0 Å². The van der Waals surface area contributed by atoms with Crippen molar-refractivity contribution in [1.29, 1.82) is 0 Å². The van der Waals surface area contributed by atoms with E-state index in [2.05, 4.69) is 196 Å². The summed E-state index contributed by atoms with van der Waals surface area (Å²) in [7, 11) is 0. The Morgan fingerprint density at radius 1 is 0.339 bits per heavy atom. The van der Waals surface area contributed by atoms with E-state index in [-0.39, 0.29) is 5.41 Å². The summed E-state index contributed by atoms with van der Waals surface area (Å²) in [4.78, 5) is 0. The third kappa shape index (κ3) is 4.47. The molecular formula is C55H36S. The minimum atomic E-state index is -0.124. The lowest BCUT2D eigenvalue weighted by atomic mass is 9.81. The van der Waals surface area contributed by atoms with Crippen molar-refractivity contribution in [2.45, 2.75) is 19.3 Å². The molecule has 0 nitrogen and oxygen atoms in total. The second kappa shape index (κ2) is 11.7. The molecule has 0 saturated heterocycles. The van der Waals surface area contributed by atoms with Crippen molar-refractivity contribution in [3.05, 3.63) is 193 Å². The van der Waals surface area contributed by atoms with Gasteiger partial charge in [-0.05, 0) is 111 Å². The van der Waals surface area contributed by atoms with Crippen LogP contribution in [0.1, 0.15) is 25.0 Å². The topological polar surface area (TPSA) is 0 Å². The van der Waals surface area contributed by atoms with Crippen molar-refractivity contribution in [1.82, 2.24) is 0 Å². The van der Waals surface area contributed by atoms with Gasteiger partial charge in [0.2, 0.25) is 0 Å². The second-order valence-corrected chi connectivity index (χ2v) is 17.0. The largest absolute Gasteiger partial charge is 0.134 e. The van der Waals surface area contributed by atoms with E-state index in [1.165, 1.54) is 119 Å². The first kappa shape index (κ1) is 31.8. The molecule has 0 N–H and O–H groups in total. The minimum absolute atomic E-state index is 0.124. The standard InChI is InChI=1S/C55H36S/c1-55(2)49-32-38(26-27-41(49)46-29-30-48-47-28-25-35-12-5-6-14-40(35)53(47)56-54(48)52(46)55)34-19-22-36(23-20-34)50-42-15-7-9-17-44(42)51(45-18-10-8-16-43(45)50)39-24-21-33-11-3-4-13-37(33)31-39/h3-32H,1-2H3. The fourth-order valence-corrected chi connectivity index (χ4v) is 11.5. The molecule has 262 valence electrons. The zero-order chi connectivity index (χ0) is 37.1. The minimum Gasteiger partial charge on any atom is -0.134 e. The van der Waals surface area contributed by atoms with Crippen LogP contribution < -0.4 is 0 Å². The molecule has 0 fully saturated rings. The third-order valence-corrected chi connectivity index (χ3v) is 13.9. The van der Waals surface area contributed by atoms with Gasteiger partial charge < -0.3 is 0 Å². The molecule has 1 heteroatoms. The lowest BCUT2D eigenvalue weighted by molar-refractivity contribution is 0.667. The predicted molar refractivity (Wildman–Crippen MR) is 243 cm³/mol. The molecule has 0 aliphatic heterocycles. The molecule has 0 radical (unpaired) electrons. The molecule has 0 atom stereocenters. The average Bonchev–Trinajstić information content (AvgIpc) is 3.74. The van der Waals surface area contributed by atoms with Crippen LogP contribution >= 0.6 is 11.3 Å². The number of hydrogen-bond donors (Lipinski definition) is 0. The first-order valence-electron chi connectivity index (χ1n) is 19.6. The smallest absolute Gasteiger partial charge is 0.0433 e. The molecule has 0 spiro atoms. The molecule has 0 unspecified atom stereocenters. The summed E-state index contributed by atoms with van der Waals surface area (Å²) in [6.07, 6.45) is 0. The van der Waals surface area contributed by atoms with Gasteiger partial charge in [0.15, 0.2) is 0 Å². The van der Waals surface area contributed by atoms with Crippen molar-refractivity contribution < 1.29 is 0 Å². The Bertz CT molecular complexity index is 3370. The lowest BCUT2D eigenvalue weighted by Crippen LogP contribution is -2.15. The zero-order valence-electron chi connectivity index (χ0n) is 31.2. The van der Waals surface area contributed by atoms with Crippen LogP contribution in [0.2, 0.25) is 0 Å². The molecule has 0 bridgehead atoms. The summed E-state index contributed by atoms with van der Waals surface area (Å²) in [5.41, 5.74) is 13.1. The fraction of sp³-hybridized carbons (Fsp3) is 0.0545. The van der Waals surface area contributed by atoms with Gasteiger partial charge in [0.05, 0.1) is 0 Å². The molecule has 1 aromatic heterocycles. The summed E-state index contributed by atoms with van der Waals surface area (Å²) in [6.45, 7) is 4.84. The highest BCUT2D eigenvalue weighted by Gasteiger charge is 2.38. The zero-order valence-corrected chi connectivity index (χ0v) is 32.0. The van der Waals surface area contributed by atoms with Crippen LogP contribution in [-0.4, -0.2) is 0 Å². The van der Waals surface area contributed by atoms with E-state index in [9.17, 15) is 0 Å². The molecular weight excluding hydrogens is 693 g/mol. The Kier molecular flexibility index (Phi) is 6.66. The van der Waals surface area contributed by atoms with Gasteiger partial charge in [0, 0.05) is 25.6 Å². The summed E-state index contributed by atoms with van der Waals surface area (Å²) in [6, 6.07) is 68.0. The van der Waals surface area contributed by atoms with Gasteiger partial charge in [-0.2, -0.15) is 0 Å². The number of thiophene rings is 1. The molecule has 56 heavy (non-hydrogen) atoms. The normalized spacial score (nSPS) is 13.3. The highest BCUT2D eigenvalue weighted by atomic mass is 32.1. The summed E-state index contributed by atoms with van der Waals surface area (Å²) in [5, 5.41) is 13.0. The maximum atomic E-state index is 2.46. The summed E-state index contributed by atoms with van der Waals surface area (Å²) in [5.74, 6) is 0. The number of fused-ring (bicyclic) bond motifs is 12. The Hall–Kier alpha value is -6.54. The molecule has 12 rings (SSSR count). The molecule has 0 amide bonds. The van der Waals surface area contributed by atoms with Crippen molar-refractivity contribution in [2.24, 2.45) is 0 Å². The van der Waals surface area contributed by atoms with Gasteiger partial charge in [-0.25, -0.2) is 0 Å². The van der Waals surface area contributed by atoms with Crippen LogP contribution in [0.25, 0.3) is 108 Å². The van der Waals surface area contributed by atoms with Crippen molar-refractivity contribution in [3.63, 3.8) is 0 Å². The fourth-order valence-electron chi connectivity index (χ4n) is 9.95. The van der Waals surface area contributed by atoms with Crippen LogP contribution in [0, 0.1) is 0 Å². The predicted octanol–water partition coefficient (Wildman–Crippen LogP) is 16.0. The van der Waals surface area contributed by atoms with Crippen molar-refractivity contribution in [2.75, 3.05) is 0 Å². The van der Waals surface area contributed by atoms with E-state index in [1.807, 2.05) is 11.3 Å². The highest BCUT2D eigenvalue weighted by Crippen LogP contribution is 2.55. The van der Waals surface area contributed by atoms with Crippen LogP contribution in [0.5, 0.6) is 0 Å². The summed E-state index contributed by atoms with van der Waals surface area (Å²) >= 11 is 1.97. The maximum Gasteiger partial charge on any atom is 0.0433 e. The Morgan fingerprint density at radius 3 is 1.55 bits per heavy atom. The monoisotopic (exact) mass is 728 g/mol. The van der Waals surface area contributed by atoms with E-state index in [1.54, 1.807) is 0 Å². The van der Waals surface area contributed by atoms with E-state index in [0.717, 1.165) is 0 Å². The van der Waals surface area contributed by atoms with Gasteiger partial charge in [-0.3, -0.25) is 0 Å². The Balaban J connectivity index is 0.967. The van der Waals surface area contributed by atoms with Gasteiger partial charge in [-0.15, -0.1) is 11.3 Å². The highest BCUT2D eigenvalue weighted by molar-refractivity contribution is 7.27. The average molecular weight is 729 g/mol. The lowest BCUT2D eigenvalue weighted by Gasteiger charge is -2.23. The van der Waals surface area contributed by atoms with Crippen molar-refractivity contribution in [3.8, 4) is 44.5 Å². The molecule has 1 aliphatic rings. The van der Waals surface area contributed by atoms with Crippen LogP contribution in [0.15, 0.2) is 182 Å². The first-order chi connectivity index (χ1) is 27.5. The van der Waals surface area contributed by atoms with E-state index < -0.39 is 0 Å². The van der Waals surface area contributed by atoms with Crippen LogP contribution in [0.4, 0.5) is 0 Å². The Labute approximate surface area is 329 Å². The van der Waals surface area contributed by atoms with Gasteiger partial charge in [-0.1, -0.05) is 184 Å². The Morgan fingerprint density at radius 2 is 0.839 bits per heavy atom. The van der Waals surface area contributed by atoms with E-state index in [0.29, 0.717) is 0 Å². The van der Waals surface area contributed by atoms with Crippen molar-refractivity contribution >= 4 is 74.6 Å². The third-order valence-electron chi connectivity index (χ3n) is 12.6. The van der Waals surface area contributed by atoms with Gasteiger partial charge in [0.25, 0.3) is 0 Å². The maximum absolute atomic E-state index is 2.46. The molecule has 1 heterocycles. The molecule has 0 saturated carbocycles. The van der Waals surface area contributed by atoms with E-state index in [4.69, 9.17) is 0 Å². The van der Waals surface area contributed by atoms with Crippen LogP contribution in [0.3, 0.4) is 0 Å². The molecule has 1 aliphatic carbocycles. The second-order valence-electron chi connectivity index (χ2n) is 16.0. The quantitative estimate of drug-likeness (QED) is 0.159. The SMILES string of the molecule is CC1(C)c2cc(-c3ccc(-c4c5ccccc5c(-c5ccc6ccccc6c5)c5ccccc45)cc3)ccc2-c2ccc3c(sc4c5ccccc5ccc34)c21. The first-order valence-corrected chi connectivity index (χ1v) is 20.4. The molecule has 10 aromatic carbocycles. The molecule has 11 aromatic rings. The number of benzene rings is 10. The van der Waals surface area contributed by atoms with Crippen LogP contribution in [-0.2, 0) is 5.41 Å². The van der Waals surface area contributed by atoms with Gasteiger partial charge in [0.1, 0.15) is 0 Å². The number of rotatable bonds is 3. The summed E-state index contributed by atoms with van der Waals surface area (Å²) < 4.78 is 2.81. The number of hydrogen-bond acceptors (Lipinski definition) is 1. The van der Waals surface area contributed by atoms with Gasteiger partial charge >= 0.3 is 0 Å².